The normalized spacial score (nSPS) is 10.5. The number of rotatable bonds is 11. The Morgan fingerprint density at radius 1 is 0.893 bits per heavy atom. The molecule has 0 heterocycles. The van der Waals surface area contributed by atoms with Crippen LogP contribution in [-0.4, -0.2) is 18.5 Å². The molecule has 0 unspecified atom stereocenters. The number of benzene rings is 2. The molecule has 0 atom stereocenters. The molecule has 2 rings (SSSR count). The summed E-state index contributed by atoms with van der Waals surface area (Å²) in [7, 11) is 0. The molecule has 0 bridgehead atoms. The minimum absolute atomic E-state index is 0.0967. The lowest BCUT2D eigenvalue weighted by Crippen LogP contribution is -2.14. The van der Waals surface area contributed by atoms with Crippen LogP contribution in [0.5, 0.6) is 0 Å². The lowest BCUT2D eigenvalue weighted by molar-refractivity contribution is 0.0497. The van der Waals surface area contributed by atoms with Crippen molar-refractivity contribution in [1.82, 2.24) is 0 Å². The van der Waals surface area contributed by atoms with Crippen molar-refractivity contribution < 1.29 is 18.7 Å². The van der Waals surface area contributed by atoms with E-state index in [0.717, 1.165) is 19.3 Å². The van der Waals surface area contributed by atoms with Gasteiger partial charge in [0, 0.05) is 5.56 Å². The first kappa shape index (κ1) is 21.6. The third-order valence-electron chi connectivity index (χ3n) is 4.46. The molecule has 0 saturated carbocycles. The van der Waals surface area contributed by atoms with Crippen LogP contribution in [0.2, 0.25) is 0 Å². The van der Waals surface area contributed by atoms with Crippen molar-refractivity contribution in [2.45, 2.75) is 51.9 Å². The Balaban J connectivity index is 1.80. The first-order valence-corrected chi connectivity index (χ1v) is 9.95. The fourth-order valence-electron chi connectivity index (χ4n) is 2.85. The Morgan fingerprint density at radius 3 is 2.32 bits per heavy atom. The molecule has 0 aliphatic heterocycles. The van der Waals surface area contributed by atoms with Crippen molar-refractivity contribution in [1.29, 1.82) is 0 Å². The molecule has 4 nitrogen and oxygen atoms in total. The molecule has 0 spiro atoms. The van der Waals surface area contributed by atoms with E-state index in [2.05, 4.69) is 12.2 Å². The van der Waals surface area contributed by atoms with Gasteiger partial charge in [-0.1, -0.05) is 63.6 Å². The Morgan fingerprint density at radius 2 is 1.57 bits per heavy atom. The van der Waals surface area contributed by atoms with E-state index in [0.29, 0.717) is 12.2 Å². The number of carbonyl (C=O) groups excluding carboxylic acids is 2. The molecular weight excluding hydrogens is 357 g/mol. The number of carbonyl (C=O) groups is 2. The molecule has 150 valence electrons. The second kappa shape index (κ2) is 11.9. The number of hydrogen-bond acceptors (Lipinski definition) is 3. The molecule has 0 aliphatic rings. The summed E-state index contributed by atoms with van der Waals surface area (Å²) in [5.41, 5.74) is 0.678. The van der Waals surface area contributed by atoms with Crippen molar-refractivity contribution in [3.05, 3.63) is 65.5 Å². The Kier molecular flexibility index (Phi) is 9.19. The first-order chi connectivity index (χ1) is 13.6. The van der Waals surface area contributed by atoms with E-state index in [4.69, 9.17) is 4.74 Å². The van der Waals surface area contributed by atoms with Gasteiger partial charge in [-0.15, -0.1) is 0 Å². The Hall–Kier alpha value is -2.69. The van der Waals surface area contributed by atoms with E-state index in [-0.39, 0.29) is 11.3 Å². The van der Waals surface area contributed by atoms with Gasteiger partial charge in [0.1, 0.15) is 5.82 Å². The molecule has 2 aromatic rings. The lowest BCUT2D eigenvalue weighted by atomic mass is 10.1. The molecule has 0 saturated heterocycles. The highest BCUT2D eigenvalue weighted by Crippen LogP contribution is 2.15. The molecule has 0 aromatic heterocycles. The van der Waals surface area contributed by atoms with Crippen molar-refractivity contribution in [2.75, 3.05) is 11.9 Å². The fourth-order valence-corrected chi connectivity index (χ4v) is 2.85. The Labute approximate surface area is 166 Å². The van der Waals surface area contributed by atoms with Crippen LogP contribution in [0.4, 0.5) is 10.1 Å². The zero-order valence-electron chi connectivity index (χ0n) is 16.4. The van der Waals surface area contributed by atoms with Gasteiger partial charge in [0.15, 0.2) is 0 Å². The van der Waals surface area contributed by atoms with Crippen molar-refractivity contribution in [3.63, 3.8) is 0 Å². The van der Waals surface area contributed by atoms with E-state index in [1.165, 1.54) is 43.9 Å². The molecule has 0 radical (unpaired) electrons. The van der Waals surface area contributed by atoms with Crippen LogP contribution in [0.1, 0.15) is 72.6 Å². The highest BCUT2D eigenvalue weighted by atomic mass is 19.1. The van der Waals surface area contributed by atoms with Crippen molar-refractivity contribution in [2.24, 2.45) is 0 Å². The summed E-state index contributed by atoms with van der Waals surface area (Å²) in [5.74, 6) is -1.44. The summed E-state index contributed by atoms with van der Waals surface area (Å²) in [4.78, 5) is 24.5. The van der Waals surface area contributed by atoms with Crippen LogP contribution < -0.4 is 5.32 Å². The van der Waals surface area contributed by atoms with E-state index < -0.39 is 17.7 Å². The number of halogens is 1. The van der Waals surface area contributed by atoms with Gasteiger partial charge in [-0.05, 0) is 36.8 Å². The van der Waals surface area contributed by atoms with Crippen LogP contribution >= 0.6 is 0 Å². The average Bonchev–Trinajstić information content (AvgIpc) is 2.71. The van der Waals surface area contributed by atoms with Crippen LogP contribution in [-0.2, 0) is 4.74 Å². The standard InChI is InChI=1S/C23H28FNO3/c1-2-3-4-5-6-7-10-16-28-23(27)19-13-11-12-18(17-19)22(26)25-21-15-9-8-14-20(21)24/h8-9,11-15,17H,2-7,10,16H2,1H3,(H,25,26). The fraction of sp³-hybridized carbons (Fsp3) is 0.391. The van der Waals surface area contributed by atoms with Gasteiger partial charge in [-0.25, -0.2) is 9.18 Å². The lowest BCUT2D eigenvalue weighted by Gasteiger charge is -2.08. The number of nitrogens with one attached hydrogen (secondary N) is 1. The predicted molar refractivity (Wildman–Crippen MR) is 109 cm³/mol. The quantitative estimate of drug-likeness (QED) is 0.382. The zero-order chi connectivity index (χ0) is 20.2. The van der Waals surface area contributed by atoms with Crippen LogP contribution in [0, 0.1) is 5.82 Å². The van der Waals surface area contributed by atoms with E-state index in [9.17, 15) is 14.0 Å². The highest BCUT2D eigenvalue weighted by Gasteiger charge is 2.13. The number of unbranched alkanes of at least 4 members (excludes halogenated alkanes) is 6. The van der Waals surface area contributed by atoms with Gasteiger partial charge in [-0.3, -0.25) is 4.79 Å². The summed E-state index contributed by atoms with van der Waals surface area (Å²) in [6, 6.07) is 12.2. The number of anilines is 1. The van der Waals surface area contributed by atoms with E-state index in [1.807, 2.05) is 0 Å². The largest absolute Gasteiger partial charge is 0.462 e. The van der Waals surface area contributed by atoms with Crippen LogP contribution in [0.3, 0.4) is 0 Å². The summed E-state index contributed by atoms with van der Waals surface area (Å²) >= 11 is 0. The van der Waals surface area contributed by atoms with Gasteiger partial charge in [-0.2, -0.15) is 0 Å². The SMILES string of the molecule is CCCCCCCCCOC(=O)c1cccc(C(=O)Nc2ccccc2F)c1. The topological polar surface area (TPSA) is 55.4 Å². The third-order valence-corrected chi connectivity index (χ3v) is 4.46. The van der Waals surface area contributed by atoms with Crippen LogP contribution in [0.15, 0.2) is 48.5 Å². The molecule has 1 amide bonds. The van der Waals surface area contributed by atoms with Gasteiger partial charge >= 0.3 is 5.97 Å². The maximum atomic E-state index is 13.7. The smallest absolute Gasteiger partial charge is 0.338 e. The summed E-state index contributed by atoms with van der Waals surface area (Å²) in [6.07, 6.45) is 8.03. The molecule has 5 heteroatoms. The van der Waals surface area contributed by atoms with Gasteiger partial charge in [0.05, 0.1) is 17.9 Å². The van der Waals surface area contributed by atoms with E-state index in [1.54, 1.807) is 30.3 Å². The zero-order valence-corrected chi connectivity index (χ0v) is 16.4. The van der Waals surface area contributed by atoms with Crippen molar-refractivity contribution >= 4 is 17.6 Å². The summed E-state index contributed by atoms with van der Waals surface area (Å²) in [6.45, 7) is 2.57. The second-order valence-electron chi connectivity index (χ2n) is 6.77. The second-order valence-corrected chi connectivity index (χ2v) is 6.77. The van der Waals surface area contributed by atoms with Gasteiger partial charge in [0.2, 0.25) is 0 Å². The number of esters is 1. The monoisotopic (exact) mass is 385 g/mol. The minimum atomic E-state index is -0.513. The molecular formula is C23H28FNO3. The molecule has 0 aliphatic carbocycles. The Bertz CT molecular complexity index is 776. The highest BCUT2D eigenvalue weighted by molar-refractivity contribution is 6.05. The maximum absolute atomic E-state index is 13.7. The summed E-state index contributed by atoms with van der Waals surface area (Å²) in [5, 5.41) is 2.51. The number of ether oxygens (including phenoxy) is 1. The van der Waals surface area contributed by atoms with Gasteiger partial charge in [0.25, 0.3) is 5.91 Å². The molecule has 0 fully saturated rings. The molecule has 2 aromatic carbocycles. The van der Waals surface area contributed by atoms with Crippen LogP contribution in [0.25, 0.3) is 0 Å². The molecule has 1 N–H and O–H groups in total. The molecule has 28 heavy (non-hydrogen) atoms. The maximum Gasteiger partial charge on any atom is 0.338 e. The van der Waals surface area contributed by atoms with E-state index >= 15 is 0 Å². The first-order valence-electron chi connectivity index (χ1n) is 9.95. The summed E-state index contributed by atoms with van der Waals surface area (Å²) < 4.78 is 19.0. The van der Waals surface area contributed by atoms with Crippen molar-refractivity contribution in [3.8, 4) is 0 Å². The number of para-hydroxylation sites is 1. The predicted octanol–water partition coefficient (Wildman–Crippen LogP) is 5.99. The minimum Gasteiger partial charge on any atom is -0.462 e. The van der Waals surface area contributed by atoms with Gasteiger partial charge < -0.3 is 10.1 Å². The average molecular weight is 385 g/mol. The number of hydrogen-bond donors (Lipinski definition) is 1. The third kappa shape index (κ3) is 7.14. The number of amides is 1.